The first kappa shape index (κ1) is 13.4. The maximum Gasteiger partial charge on any atom is 0.263 e. The molecule has 0 saturated carbocycles. The molecule has 2 nitrogen and oxygen atoms in total. The van der Waals surface area contributed by atoms with Crippen molar-refractivity contribution in [3.8, 4) is 0 Å². The lowest BCUT2D eigenvalue weighted by atomic mass is 10.2. The molecule has 4 heteroatoms. The summed E-state index contributed by atoms with van der Waals surface area (Å²) in [5.41, 5.74) is 0. The van der Waals surface area contributed by atoms with Crippen LogP contribution in [-0.4, -0.2) is 11.9 Å². The number of hydrogen-bond acceptors (Lipinski definition) is 2. The molecule has 1 N–H and O–H groups in total. The van der Waals surface area contributed by atoms with E-state index < -0.39 is 0 Å². The first-order chi connectivity index (χ1) is 8.63. The number of hydrogen-bond donors (Lipinski definition) is 1. The van der Waals surface area contributed by atoms with E-state index in [9.17, 15) is 4.79 Å². The van der Waals surface area contributed by atoms with Crippen LogP contribution in [0.25, 0.3) is 10.1 Å². The lowest BCUT2D eigenvalue weighted by Crippen LogP contribution is -2.31. The molecule has 1 aromatic heterocycles. The van der Waals surface area contributed by atoms with Crippen LogP contribution in [0.3, 0.4) is 0 Å². The molecule has 1 atom stereocenters. The highest BCUT2D eigenvalue weighted by atomic mass is 35.5. The zero-order chi connectivity index (χ0) is 13.1. The molecular weight excluding hydrogens is 266 g/mol. The molecule has 96 valence electrons. The zero-order valence-electron chi connectivity index (χ0n) is 10.5. The molecule has 0 radical (unpaired) electrons. The Labute approximate surface area is 116 Å². The molecule has 0 fully saturated rings. The van der Waals surface area contributed by atoms with Gasteiger partial charge in [-0.3, -0.25) is 4.79 Å². The minimum Gasteiger partial charge on any atom is -0.349 e. The maximum absolute atomic E-state index is 12.1. The van der Waals surface area contributed by atoms with Crippen molar-refractivity contribution in [3.05, 3.63) is 34.2 Å². The van der Waals surface area contributed by atoms with E-state index in [0.29, 0.717) is 9.90 Å². The van der Waals surface area contributed by atoms with Crippen molar-refractivity contribution in [1.29, 1.82) is 0 Å². The van der Waals surface area contributed by atoms with Crippen LogP contribution in [0, 0.1) is 0 Å². The Morgan fingerprint density at radius 2 is 2.17 bits per heavy atom. The second-order valence-corrected chi connectivity index (χ2v) is 5.83. The van der Waals surface area contributed by atoms with Crippen molar-refractivity contribution in [2.75, 3.05) is 0 Å². The van der Waals surface area contributed by atoms with Gasteiger partial charge in [0.2, 0.25) is 0 Å². The van der Waals surface area contributed by atoms with Gasteiger partial charge in [-0.2, -0.15) is 0 Å². The molecule has 18 heavy (non-hydrogen) atoms. The SMILES string of the molecule is CCCC(C)NC(=O)c1sc2ccccc2c1Cl. The lowest BCUT2D eigenvalue weighted by Gasteiger charge is -2.11. The van der Waals surface area contributed by atoms with E-state index in [1.54, 1.807) is 0 Å². The predicted octanol–water partition coefficient (Wildman–Crippen LogP) is 4.47. The Balaban J connectivity index is 2.25. The van der Waals surface area contributed by atoms with Gasteiger partial charge in [0.1, 0.15) is 4.88 Å². The summed E-state index contributed by atoms with van der Waals surface area (Å²) in [6.45, 7) is 4.12. The second kappa shape index (κ2) is 5.72. The van der Waals surface area contributed by atoms with Crippen LogP contribution in [0.1, 0.15) is 36.4 Å². The Bertz CT molecular complexity index is 564. The second-order valence-electron chi connectivity index (χ2n) is 4.40. The molecule has 0 aliphatic rings. The molecular formula is C14H16ClNOS. The summed E-state index contributed by atoms with van der Waals surface area (Å²) in [5, 5.41) is 4.51. The first-order valence-electron chi connectivity index (χ1n) is 6.11. The van der Waals surface area contributed by atoms with Gasteiger partial charge in [-0.05, 0) is 19.4 Å². The van der Waals surface area contributed by atoms with Gasteiger partial charge in [-0.1, -0.05) is 43.1 Å². The normalized spacial score (nSPS) is 12.6. The van der Waals surface area contributed by atoms with Crippen LogP contribution in [0.2, 0.25) is 5.02 Å². The number of rotatable bonds is 4. The number of amides is 1. The fourth-order valence-corrected chi connectivity index (χ4v) is 3.37. The lowest BCUT2D eigenvalue weighted by molar-refractivity contribution is 0.0942. The van der Waals surface area contributed by atoms with E-state index in [1.807, 2.05) is 31.2 Å². The van der Waals surface area contributed by atoms with Crippen LogP contribution in [0.15, 0.2) is 24.3 Å². The number of thiophene rings is 1. The summed E-state index contributed by atoms with van der Waals surface area (Å²) >= 11 is 7.71. The van der Waals surface area contributed by atoms with E-state index in [-0.39, 0.29) is 11.9 Å². The largest absolute Gasteiger partial charge is 0.349 e. The smallest absolute Gasteiger partial charge is 0.263 e. The molecule has 1 amide bonds. The van der Waals surface area contributed by atoms with Gasteiger partial charge < -0.3 is 5.32 Å². The van der Waals surface area contributed by atoms with E-state index in [0.717, 1.165) is 22.9 Å². The summed E-state index contributed by atoms with van der Waals surface area (Å²) < 4.78 is 1.05. The van der Waals surface area contributed by atoms with Crippen LogP contribution in [0.5, 0.6) is 0 Å². The van der Waals surface area contributed by atoms with Crippen LogP contribution >= 0.6 is 22.9 Å². The molecule has 0 aliphatic carbocycles. The fourth-order valence-electron chi connectivity index (χ4n) is 1.95. The number of halogens is 1. The number of fused-ring (bicyclic) bond motifs is 1. The quantitative estimate of drug-likeness (QED) is 0.880. The number of carbonyl (C=O) groups excluding carboxylic acids is 1. The summed E-state index contributed by atoms with van der Waals surface area (Å²) in [6, 6.07) is 8.00. The summed E-state index contributed by atoms with van der Waals surface area (Å²) in [6.07, 6.45) is 2.04. The van der Waals surface area contributed by atoms with E-state index in [1.165, 1.54) is 11.3 Å². The monoisotopic (exact) mass is 281 g/mol. The van der Waals surface area contributed by atoms with Gasteiger partial charge in [0.05, 0.1) is 5.02 Å². The molecule has 1 heterocycles. The van der Waals surface area contributed by atoms with Crippen LogP contribution < -0.4 is 5.32 Å². The zero-order valence-corrected chi connectivity index (χ0v) is 12.1. The third-order valence-corrected chi connectivity index (χ3v) is 4.51. The van der Waals surface area contributed by atoms with Crippen molar-refractivity contribution < 1.29 is 4.79 Å². The highest BCUT2D eigenvalue weighted by molar-refractivity contribution is 7.21. The molecule has 0 bridgehead atoms. The van der Waals surface area contributed by atoms with Gasteiger partial charge in [0, 0.05) is 16.1 Å². The van der Waals surface area contributed by atoms with Crippen LogP contribution in [0.4, 0.5) is 0 Å². The number of nitrogens with one attached hydrogen (secondary N) is 1. The highest BCUT2D eigenvalue weighted by Gasteiger charge is 2.17. The van der Waals surface area contributed by atoms with E-state index in [4.69, 9.17) is 11.6 Å². The van der Waals surface area contributed by atoms with Crippen molar-refractivity contribution in [1.82, 2.24) is 5.32 Å². The molecule has 1 unspecified atom stereocenters. The van der Waals surface area contributed by atoms with Gasteiger partial charge in [0.15, 0.2) is 0 Å². The van der Waals surface area contributed by atoms with Crippen molar-refractivity contribution in [3.63, 3.8) is 0 Å². The van der Waals surface area contributed by atoms with Gasteiger partial charge in [-0.15, -0.1) is 11.3 Å². The van der Waals surface area contributed by atoms with Crippen molar-refractivity contribution >= 4 is 38.9 Å². The van der Waals surface area contributed by atoms with Crippen LogP contribution in [-0.2, 0) is 0 Å². The van der Waals surface area contributed by atoms with Gasteiger partial charge in [0.25, 0.3) is 5.91 Å². The Kier molecular flexibility index (Phi) is 4.25. The van der Waals surface area contributed by atoms with Crippen molar-refractivity contribution in [2.24, 2.45) is 0 Å². The predicted molar refractivity (Wildman–Crippen MR) is 78.7 cm³/mol. The molecule has 2 aromatic rings. The summed E-state index contributed by atoms with van der Waals surface area (Å²) in [5.74, 6) is -0.0675. The average molecular weight is 282 g/mol. The molecule has 1 aromatic carbocycles. The van der Waals surface area contributed by atoms with Gasteiger partial charge in [-0.25, -0.2) is 0 Å². The standard InChI is InChI=1S/C14H16ClNOS/c1-3-6-9(2)16-14(17)13-12(15)10-7-4-5-8-11(10)18-13/h4-5,7-9H,3,6H2,1-2H3,(H,16,17). The molecule has 0 saturated heterocycles. The number of carbonyl (C=O) groups is 1. The average Bonchev–Trinajstić information content (AvgIpc) is 2.68. The molecule has 2 rings (SSSR count). The van der Waals surface area contributed by atoms with E-state index in [2.05, 4.69) is 12.2 Å². The fraction of sp³-hybridized carbons (Fsp3) is 0.357. The minimum absolute atomic E-state index is 0.0675. The van der Waals surface area contributed by atoms with Crippen molar-refractivity contribution in [2.45, 2.75) is 32.7 Å². The Morgan fingerprint density at radius 3 is 2.83 bits per heavy atom. The third-order valence-electron chi connectivity index (χ3n) is 2.84. The topological polar surface area (TPSA) is 29.1 Å². The Morgan fingerprint density at radius 1 is 1.44 bits per heavy atom. The maximum atomic E-state index is 12.1. The summed E-state index contributed by atoms with van der Waals surface area (Å²) in [4.78, 5) is 12.7. The number of benzene rings is 1. The highest BCUT2D eigenvalue weighted by Crippen LogP contribution is 2.35. The third kappa shape index (κ3) is 2.68. The molecule has 0 aliphatic heterocycles. The minimum atomic E-state index is -0.0675. The van der Waals surface area contributed by atoms with E-state index >= 15 is 0 Å². The Hall–Kier alpha value is -1.06. The molecule has 0 spiro atoms. The summed E-state index contributed by atoms with van der Waals surface area (Å²) in [7, 11) is 0. The first-order valence-corrected chi connectivity index (χ1v) is 7.30. The van der Waals surface area contributed by atoms with Gasteiger partial charge >= 0.3 is 0 Å².